The van der Waals surface area contributed by atoms with E-state index in [4.69, 9.17) is 0 Å². The van der Waals surface area contributed by atoms with E-state index in [2.05, 4.69) is 20.5 Å². The highest BCUT2D eigenvalue weighted by Crippen LogP contribution is 2.21. The average Bonchev–Trinajstić information content (AvgIpc) is 2.70. The number of nitrogens with one attached hydrogen (secondary N) is 1. The maximum Gasteiger partial charge on any atom is 0.239 e. The Balaban J connectivity index is 1.96. The van der Waals surface area contributed by atoms with Crippen molar-refractivity contribution in [2.24, 2.45) is 10.2 Å². The molecule has 1 fully saturated rings. The van der Waals surface area contributed by atoms with Crippen molar-refractivity contribution in [3.8, 4) is 0 Å². The number of thioether (sulfide) groups is 1. The van der Waals surface area contributed by atoms with Crippen molar-refractivity contribution in [3.05, 3.63) is 30.1 Å². The minimum atomic E-state index is -1.27. The third-order valence-electron chi connectivity index (χ3n) is 2.17. The van der Waals surface area contributed by atoms with Crippen LogP contribution in [0.15, 0.2) is 34.7 Å². The summed E-state index contributed by atoms with van der Waals surface area (Å²) in [6.07, 6.45) is 4.39. The van der Waals surface area contributed by atoms with Crippen molar-refractivity contribution >= 4 is 35.0 Å². The van der Waals surface area contributed by atoms with Gasteiger partial charge in [0.2, 0.25) is 5.91 Å². The van der Waals surface area contributed by atoms with Gasteiger partial charge in [-0.05, 0) is 6.07 Å². The third kappa shape index (κ3) is 3.88. The summed E-state index contributed by atoms with van der Waals surface area (Å²) in [6, 6.07) is 3.56. The number of nitrogens with zero attached hydrogens (tertiary/aromatic N) is 3. The molecule has 0 spiro atoms. The van der Waals surface area contributed by atoms with E-state index < -0.39 is 17.1 Å². The number of rotatable bonds is 4. The Hall–Kier alpha value is -2.22. The lowest BCUT2D eigenvalue weighted by atomic mass is 10.3. The standard InChI is InChI=1S/C11H10N4O3S/c16-9(17)4-8-10(18)14-11(19-8)15-13-6-7-2-1-3-12-5-7/h1-3,5-6,8H,4H2,(H,16,17)(H,14,15,18)/p-1/b13-6-/t8-/m0/s1. The van der Waals surface area contributed by atoms with E-state index in [-0.39, 0.29) is 11.6 Å². The molecular formula is C11H9N4O3S-. The maximum absolute atomic E-state index is 11.4. The molecule has 0 unspecified atom stereocenters. The van der Waals surface area contributed by atoms with E-state index in [1.54, 1.807) is 24.5 Å². The molecule has 0 radical (unpaired) electrons. The van der Waals surface area contributed by atoms with E-state index in [9.17, 15) is 14.7 Å². The van der Waals surface area contributed by atoms with Gasteiger partial charge in [0.05, 0.1) is 11.5 Å². The number of carbonyl (C=O) groups excluding carboxylic acids is 2. The van der Waals surface area contributed by atoms with Gasteiger partial charge in [0, 0.05) is 30.3 Å². The summed E-state index contributed by atoms with van der Waals surface area (Å²) < 4.78 is 0. The first-order chi connectivity index (χ1) is 9.15. The number of carboxylic acid groups (broad SMARTS) is 1. The lowest BCUT2D eigenvalue weighted by Gasteiger charge is -2.04. The molecule has 1 amide bonds. The average molecular weight is 277 g/mol. The molecule has 0 saturated carbocycles. The number of hydrogen-bond acceptors (Lipinski definition) is 7. The van der Waals surface area contributed by atoms with Gasteiger partial charge in [-0.2, -0.15) is 5.10 Å². The summed E-state index contributed by atoms with van der Waals surface area (Å²) in [4.78, 5) is 25.7. The highest BCUT2D eigenvalue weighted by atomic mass is 32.2. The van der Waals surface area contributed by atoms with Crippen molar-refractivity contribution in [1.29, 1.82) is 0 Å². The van der Waals surface area contributed by atoms with Crippen LogP contribution in [-0.4, -0.2) is 33.5 Å². The Labute approximate surface area is 112 Å². The van der Waals surface area contributed by atoms with Gasteiger partial charge in [-0.15, -0.1) is 5.10 Å². The molecule has 98 valence electrons. The van der Waals surface area contributed by atoms with Gasteiger partial charge >= 0.3 is 0 Å². The summed E-state index contributed by atoms with van der Waals surface area (Å²) in [5, 5.41) is 20.0. The van der Waals surface area contributed by atoms with Gasteiger partial charge < -0.3 is 15.2 Å². The molecule has 1 aromatic rings. The Kier molecular flexibility index (Phi) is 4.24. The van der Waals surface area contributed by atoms with Crippen molar-refractivity contribution in [2.45, 2.75) is 11.7 Å². The van der Waals surface area contributed by atoms with Crippen LogP contribution in [-0.2, 0) is 9.59 Å². The smallest absolute Gasteiger partial charge is 0.239 e. The zero-order valence-corrected chi connectivity index (χ0v) is 10.5. The molecule has 1 saturated heterocycles. The summed E-state index contributed by atoms with van der Waals surface area (Å²) in [6.45, 7) is 0. The number of carboxylic acids is 1. The molecule has 0 bridgehead atoms. The minimum Gasteiger partial charge on any atom is -0.550 e. The summed E-state index contributed by atoms with van der Waals surface area (Å²) >= 11 is 1.02. The molecule has 1 atom stereocenters. The number of amides is 1. The van der Waals surface area contributed by atoms with Crippen LogP contribution >= 0.6 is 11.8 Å². The number of amidine groups is 1. The first-order valence-electron chi connectivity index (χ1n) is 5.33. The van der Waals surface area contributed by atoms with E-state index in [1.165, 1.54) is 6.21 Å². The molecule has 1 aliphatic rings. The first-order valence-corrected chi connectivity index (χ1v) is 6.21. The number of aliphatic carboxylic acids is 1. The molecule has 7 nitrogen and oxygen atoms in total. The zero-order chi connectivity index (χ0) is 13.7. The molecule has 8 heteroatoms. The van der Waals surface area contributed by atoms with E-state index in [1.807, 2.05) is 0 Å². The van der Waals surface area contributed by atoms with Crippen LogP contribution in [0.3, 0.4) is 0 Å². The fourth-order valence-corrected chi connectivity index (χ4v) is 2.25. The monoisotopic (exact) mass is 277 g/mol. The predicted octanol–water partition coefficient (Wildman–Crippen LogP) is -0.857. The number of pyridine rings is 1. The number of hydrogen-bond donors (Lipinski definition) is 1. The van der Waals surface area contributed by atoms with E-state index in [0.29, 0.717) is 0 Å². The fourth-order valence-electron chi connectivity index (χ4n) is 1.34. The SMILES string of the molecule is O=C([O-])C[C@@H]1S/C(=N/N=C\c2cccnc2)NC1=O. The summed E-state index contributed by atoms with van der Waals surface area (Å²) in [7, 11) is 0. The predicted molar refractivity (Wildman–Crippen MR) is 68.4 cm³/mol. The number of carbonyl (C=O) groups is 2. The van der Waals surface area contributed by atoms with E-state index in [0.717, 1.165) is 17.3 Å². The zero-order valence-electron chi connectivity index (χ0n) is 9.65. The lowest BCUT2D eigenvalue weighted by molar-refractivity contribution is -0.305. The van der Waals surface area contributed by atoms with Crippen LogP contribution < -0.4 is 10.4 Å². The summed E-state index contributed by atoms with van der Waals surface area (Å²) in [5.41, 5.74) is 0.771. The van der Waals surface area contributed by atoms with Crippen molar-refractivity contribution < 1.29 is 14.7 Å². The molecule has 2 heterocycles. The summed E-state index contributed by atoms with van der Waals surface area (Å²) in [5.74, 6) is -1.67. The Morgan fingerprint density at radius 3 is 3.16 bits per heavy atom. The van der Waals surface area contributed by atoms with Gasteiger partial charge in [-0.3, -0.25) is 9.78 Å². The molecular weight excluding hydrogens is 268 g/mol. The topological polar surface area (TPSA) is 107 Å². The highest BCUT2D eigenvalue weighted by Gasteiger charge is 2.30. The quantitative estimate of drug-likeness (QED) is 0.569. The highest BCUT2D eigenvalue weighted by molar-refractivity contribution is 8.15. The van der Waals surface area contributed by atoms with Crippen LogP contribution in [0.4, 0.5) is 0 Å². The van der Waals surface area contributed by atoms with Gasteiger partial charge in [-0.25, -0.2) is 0 Å². The first kappa shape index (κ1) is 13.2. The largest absolute Gasteiger partial charge is 0.550 e. The maximum atomic E-state index is 11.4. The van der Waals surface area contributed by atoms with Gasteiger partial charge in [-0.1, -0.05) is 17.8 Å². The Bertz CT molecular complexity index is 544. The Morgan fingerprint density at radius 1 is 1.63 bits per heavy atom. The third-order valence-corrected chi connectivity index (χ3v) is 3.24. The van der Waals surface area contributed by atoms with Crippen molar-refractivity contribution in [3.63, 3.8) is 0 Å². The molecule has 1 N–H and O–H groups in total. The van der Waals surface area contributed by atoms with Crippen molar-refractivity contribution in [1.82, 2.24) is 10.3 Å². The van der Waals surface area contributed by atoms with E-state index >= 15 is 0 Å². The second kappa shape index (κ2) is 6.10. The second-order valence-corrected chi connectivity index (χ2v) is 4.80. The normalized spacial score (nSPS) is 20.9. The van der Waals surface area contributed by atoms with Crippen LogP contribution in [0, 0.1) is 0 Å². The number of aromatic nitrogens is 1. The molecule has 1 aliphatic heterocycles. The van der Waals surface area contributed by atoms with Gasteiger partial charge in [0.1, 0.15) is 0 Å². The Morgan fingerprint density at radius 2 is 2.47 bits per heavy atom. The second-order valence-electron chi connectivity index (χ2n) is 3.61. The molecule has 0 aliphatic carbocycles. The molecule has 1 aromatic heterocycles. The molecule has 2 rings (SSSR count). The van der Waals surface area contributed by atoms with Crippen molar-refractivity contribution in [2.75, 3.05) is 0 Å². The minimum absolute atomic E-state index is 0.274. The lowest BCUT2D eigenvalue weighted by Crippen LogP contribution is -2.31. The molecule has 19 heavy (non-hydrogen) atoms. The van der Waals surface area contributed by atoms with Crippen LogP contribution in [0.5, 0.6) is 0 Å². The molecule has 0 aromatic carbocycles. The van der Waals surface area contributed by atoms with Crippen LogP contribution in [0.2, 0.25) is 0 Å². The van der Waals surface area contributed by atoms with Crippen LogP contribution in [0.1, 0.15) is 12.0 Å². The fraction of sp³-hybridized carbons (Fsp3) is 0.182. The van der Waals surface area contributed by atoms with Crippen LogP contribution in [0.25, 0.3) is 0 Å². The van der Waals surface area contributed by atoms with Gasteiger partial charge in [0.25, 0.3) is 0 Å². The van der Waals surface area contributed by atoms with Gasteiger partial charge in [0.15, 0.2) is 5.17 Å².